The van der Waals surface area contributed by atoms with E-state index in [1.54, 1.807) is 48.9 Å². The number of carbonyl (C=O) groups excluding carboxylic acids is 1. The molecule has 0 spiro atoms. The summed E-state index contributed by atoms with van der Waals surface area (Å²) in [6.07, 6.45) is 6.22. The van der Waals surface area contributed by atoms with Crippen molar-refractivity contribution in [3.8, 4) is 0 Å². The third-order valence-electron chi connectivity index (χ3n) is 1.86. The van der Waals surface area contributed by atoms with Gasteiger partial charge in [-0.25, -0.2) is 0 Å². The van der Waals surface area contributed by atoms with Gasteiger partial charge in [0, 0.05) is 6.20 Å². The van der Waals surface area contributed by atoms with Gasteiger partial charge in [0.1, 0.15) is 11.5 Å². The summed E-state index contributed by atoms with van der Waals surface area (Å²) >= 11 is 0. The maximum absolute atomic E-state index is 11.5. The van der Waals surface area contributed by atoms with Crippen LogP contribution in [0.25, 0.3) is 6.08 Å². The average molecular weight is 199 g/mol. The highest BCUT2D eigenvalue weighted by atomic mass is 16.3. The molecule has 0 saturated heterocycles. The molecule has 15 heavy (non-hydrogen) atoms. The molecule has 2 heterocycles. The second kappa shape index (κ2) is 4.37. The standard InChI is InChI=1S/C12H9NO2/c14-12(11-5-1-2-8-13-11)7-6-10-4-3-9-15-10/h1-9H. The van der Waals surface area contributed by atoms with E-state index in [1.807, 2.05) is 0 Å². The highest BCUT2D eigenvalue weighted by molar-refractivity contribution is 6.05. The summed E-state index contributed by atoms with van der Waals surface area (Å²) in [7, 11) is 0. The SMILES string of the molecule is O=C(C=Cc1ccco1)c1ccccn1. The van der Waals surface area contributed by atoms with E-state index in [1.165, 1.54) is 6.08 Å². The summed E-state index contributed by atoms with van der Waals surface area (Å²) in [6, 6.07) is 8.77. The fourth-order valence-electron chi connectivity index (χ4n) is 1.14. The zero-order chi connectivity index (χ0) is 10.5. The topological polar surface area (TPSA) is 43.1 Å². The number of hydrogen-bond donors (Lipinski definition) is 0. The van der Waals surface area contributed by atoms with Crippen LogP contribution in [0.3, 0.4) is 0 Å². The summed E-state index contributed by atoms with van der Waals surface area (Å²) < 4.78 is 5.06. The zero-order valence-electron chi connectivity index (χ0n) is 7.96. The van der Waals surface area contributed by atoms with Crippen LogP contribution in [0.4, 0.5) is 0 Å². The third-order valence-corrected chi connectivity index (χ3v) is 1.86. The number of carbonyl (C=O) groups is 1. The van der Waals surface area contributed by atoms with Crippen LogP contribution in [0.1, 0.15) is 16.2 Å². The van der Waals surface area contributed by atoms with Crippen molar-refractivity contribution in [3.05, 3.63) is 60.3 Å². The van der Waals surface area contributed by atoms with Crippen molar-refractivity contribution in [3.63, 3.8) is 0 Å². The van der Waals surface area contributed by atoms with Crippen molar-refractivity contribution < 1.29 is 9.21 Å². The van der Waals surface area contributed by atoms with E-state index in [-0.39, 0.29) is 5.78 Å². The summed E-state index contributed by atoms with van der Waals surface area (Å²) in [6.45, 7) is 0. The first-order chi connectivity index (χ1) is 7.36. The fraction of sp³-hybridized carbons (Fsp3) is 0. The number of ketones is 1. The molecule has 0 aliphatic heterocycles. The molecular formula is C12H9NO2. The Morgan fingerprint density at radius 1 is 1.27 bits per heavy atom. The van der Waals surface area contributed by atoms with E-state index in [0.29, 0.717) is 11.5 Å². The van der Waals surface area contributed by atoms with Gasteiger partial charge in [-0.2, -0.15) is 0 Å². The molecule has 0 amide bonds. The highest BCUT2D eigenvalue weighted by Gasteiger charge is 2.01. The number of aromatic nitrogens is 1. The molecule has 0 aliphatic carbocycles. The van der Waals surface area contributed by atoms with Crippen LogP contribution in [0.2, 0.25) is 0 Å². The predicted molar refractivity (Wildman–Crippen MR) is 56.3 cm³/mol. The van der Waals surface area contributed by atoms with E-state index < -0.39 is 0 Å². The molecule has 0 bridgehead atoms. The lowest BCUT2D eigenvalue weighted by molar-refractivity contribution is 0.104. The predicted octanol–water partition coefficient (Wildman–Crippen LogP) is 2.57. The van der Waals surface area contributed by atoms with Gasteiger partial charge in [0.05, 0.1) is 6.26 Å². The maximum atomic E-state index is 11.5. The van der Waals surface area contributed by atoms with E-state index in [0.717, 1.165) is 0 Å². The molecule has 0 aromatic carbocycles. The van der Waals surface area contributed by atoms with E-state index >= 15 is 0 Å². The number of allylic oxidation sites excluding steroid dienone is 1. The normalized spacial score (nSPS) is 10.7. The lowest BCUT2D eigenvalue weighted by Gasteiger charge is -1.91. The monoisotopic (exact) mass is 199 g/mol. The summed E-state index contributed by atoms with van der Waals surface area (Å²) in [5, 5.41) is 0. The van der Waals surface area contributed by atoms with Crippen molar-refractivity contribution in [2.75, 3.05) is 0 Å². The number of pyridine rings is 1. The van der Waals surface area contributed by atoms with Crippen LogP contribution in [0, 0.1) is 0 Å². The van der Waals surface area contributed by atoms with E-state index in [2.05, 4.69) is 4.98 Å². The summed E-state index contributed by atoms with van der Waals surface area (Å²) in [4.78, 5) is 15.5. The van der Waals surface area contributed by atoms with Crippen LogP contribution in [-0.2, 0) is 0 Å². The van der Waals surface area contributed by atoms with Crippen molar-refractivity contribution in [1.82, 2.24) is 4.98 Å². The van der Waals surface area contributed by atoms with Gasteiger partial charge in [-0.3, -0.25) is 9.78 Å². The van der Waals surface area contributed by atoms with Crippen molar-refractivity contribution in [2.24, 2.45) is 0 Å². The minimum Gasteiger partial charge on any atom is -0.465 e. The van der Waals surface area contributed by atoms with Crippen LogP contribution in [0.5, 0.6) is 0 Å². The molecule has 3 nitrogen and oxygen atoms in total. The zero-order valence-corrected chi connectivity index (χ0v) is 7.96. The molecule has 0 aliphatic rings. The Bertz CT molecular complexity index is 458. The summed E-state index contributed by atoms with van der Waals surface area (Å²) in [5.74, 6) is 0.520. The van der Waals surface area contributed by atoms with Gasteiger partial charge in [-0.1, -0.05) is 6.07 Å². The highest BCUT2D eigenvalue weighted by Crippen LogP contribution is 2.04. The van der Waals surface area contributed by atoms with E-state index in [4.69, 9.17) is 4.42 Å². The smallest absolute Gasteiger partial charge is 0.204 e. The molecule has 0 fully saturated rings. The fourth-order valence-corrected chi connectivity index (χ4v) is 1.14. The Labute approximate surface area is 87.1 Å². The van der Waals surface area contributed by atoms with Crippen LogP contribution < -0.4 is 0 Å². The third kappa shape index (κ3) is 2.40. The molecule has 0 unspecified atom stereocenters. The van der Waals surface area contributed by atoms with Gasteiger partial charge in [-0.05, 0) is 36.4 Å². The number of hydrogen-bond acceptors (Lipinski definition) is 3. The van der Waals surface area contributed by atoms with Gasteiger partial charge >= 0.3 is 0 Å². The van der Waals surface area contributed by atoms with Gasteiger partial charge in [0.15, 0.2) is 0 Å². The molecule has 2 rings (SSSR count). The quantitative estimate of drug-likeness (QED) is 0.563. The largest absolute Gasteiger partial charge is 0.465 e. The van der Waals surface area contributed by atoms with Gasteiger partial charge < -0.3 is 4.42 Å². The van der Waals surface area contributed by atoms with Crippen LogP contribution in [-0.4, -0.2) is 10.8 Å². The molecule has 74 valence electrons. The second-order valence-electron chi connectivity index (χ2n) is 2.93. The number of nitrogens with zero attached hydrogens (tertiary/aromatic N) is 1. The average Bonchev–Trinajstić information content (AvgIpc) is 2.80. The van der Waals surface area contributed by atoms with E-state index in [9.17, 15) is 4.79 Å². The molecule has 2 aromatic rings. The lowest BCUT2D eigenvalue weighted by atomic mass is 10.2. The lowest BCUT2D eigenvalue weighted by Crippen LogP contribution is -1.96. The first-order valence-electron chi connectivity index (χ1n) is 4.53. The molecule has 2 aromatic heterocycles. The Morgan fingerprint density at radius 2 is 2.20 bits per heavy atom. The van der Waals surface area contributed by atoms with Gasteiger partial charge in [0.2, 0.25) is 5.78 Å². The minimum absolute atomic E-state index is 0.132. The summed E-state index contributed by atoms with van der Waals surface area (Å²) in [5.41, 5.74) is 0.431. The molecule has 0 N–H and O–H groups in total. The molecule has 0 saturated carbocycles. The Morgan fingerprint density at radius 3 is 2.87 bits per heavy atom. The second-order valence-corrected chi connectivity index (χ2v) is 2.93. The first-order valence-corrected chi connectivity index (χ1v) is 4.53. The van der Waals surface area contributed by atoms with Gasteiger partial charge in [0.25, 0.3) is 0 Å². The van der Waals surface area contributed by atoms with Crippen molar-refractivity contribution in [2.45, 2.75) is 0 Å². The minimum atomic E-state index is -0.132. The Kier molecular flexibility index (Phi) is 2.74. The van der Waals surface area contributed by atoms with Crippen LogP contribution >= 0.6 is 0 Å². The molecule has 0 atom stereocenters. The van der Waals surface area contributed by atoms with Crippen LogP contribution in [0.15, 0.2) is 53.3 Å². The number of rotatable bonds is 3. The number of furan rings is 1. The molecular weight excluding hydrogens is 190 g/mol. The van der Waals surface area contributed by atoms with Crippen molar-refractivity contribution in [1.29, 1.82) is 0 Å². The molecule has 0 radical (unpaired) electrons. The molecule has 3 heteroatoms. The Balaban J connectivity index is 2.11. The maximum Gasteiger partial charge on any atom is 0.204 e. The van der Waals surface area contributed by atoms with Crippen molar-refractivity contribution >= 4 is 11.9 Å². The van der Waals surface area contributed by atoms with Gasteiger partial charge in [-0.15, -0.1) is 0 Å². The Hall–Kier alpha value is -2.16. The first kappa shape index (κ1) is 9.40.